The molecule has 2 N–H and O–H groups in total. The second kappa shape index (κ2) is 6.58. The van der Waals surface area contributed by atoms with Crippen LogP contribution in [0.1, 0.15) is 35.5 Å². The van der Waals surface area contributed by atoms with E-state index >= 15 is 0 Å². The van der Waals surface area contributed by atoms with E-state index in [2.05, 4.69) is 4.18 Å². The first-order valence-corrected chi connectivity index (χ1v) is 8.17. The van der Waals surface area contributed by atoms with E-state index in [0.29, 0.717) is 5.02 Å². The van der Waals surface area contributed by atoms with Crippen LogP contribution in [-0.2, 0) is 23.8 Å². The molecular weight excluding hydrogens is 330 g/mol. The van der Waals surface area contributed by atoms with E-state index in [0.717, 1.165) is 0 Å². The van der Waals surface area contributed by atoms with E-state index in [-0.39, 0.29) is 18.4 Å². The number of rotatable bonds is 6. The minimum Gasteiger partial charge on any atom is -0.460 e. The summed E-state index contributed by atoms with van der Waals surface area (Å²) >= 11 is 5.76. The number of Topliss-reactive ketones (excluding diaryl/α,β-unsaturated/α-hetero) is 1. The number of ketones is 1. The van der Waals surface area contributed by atoms with E-state index in [1.54, 1.807) is 6.92 Å². The molecular formula is C14H16ClNO5S. The Kier molecular flexibility index (Phi) is 3.82. The number of hydrogen-bond donors (Lipinski definition) is 1. The molecule has 0 radical (unpaired) electrons. The van der Waals surface area contributed by atoms with Crippen LogP contribution < -0.4 is 5.73 Å². The normalized spacial score (nSPS) is 24.5. The van der Waals surface area contributed by atoms with Crippen molar-refractivity contribution in [3.63, 3.8) is 0 Å². The number of carbonyl (C=O) groups is 1. The van der Waals surface area contributed by atoms with Gasteiger partial charge in [0, 0.05) is 13.3 Å². The number of halogens is 1. The van der Waals surface area contributed by atoms with E-state index in [4.69, 9.17) is 26.2 Å². The first-order chi connectivity index (χ1) is 11.4. The molecule has 0 bridgehead atoms. The molecule has 1 unspecified atom stereocenters. The molecule has 1 atom stereocenters. The van der Waals surface area contributed by atoms with Crippen molar-refractivity contribution in [2.45, 2.75) is 25.8 Å². The van der Waals surface area contributed by atoms with Crippen LogP contribution in [0.3, 0.4) is 0 Å². The van der Waals surface area contributed by atoms with Gasteiger partial charge in [0.25, 0.3) is 0 Å². The lowest BCUT2D eigenvalue weighted by atomic mass is 10.1. The van der Waals surface area contributed by atoms with Crippen LogP contribution in [-0.4, -0.2) is 19.9 Å². The van der Waals surface area contributed by atoms with Crippen LogP contribution in [0, 0.1) is 0 Å². The topological polar surface area (TPSA) is 95.7 Å². The molecule has 0 aromatic heterocycles. The van der Waals surface area contributed by atoms with E-state index in [9.17, 15) is 13.2 Å². The number of hydrogen-bond acceptors (Lipinski definition) is 6. The molecule has 8 heteroatoms. The summed E-state index contributed by atoms with van der Waals surface area (Å²) in [5, 5.41) is 0.366. The molecule has 120 valence electrons. The Morgan fingerprint density at radius 1 is 1.45 bits per heavy atom. The van der Waals surface area contributed by atoms with Gasteiger partial charge in [-0.25, -0.2) is 0 Å². The number of benzene rings is 1. The van der Waals surface area contributed by atoms with Gasteiger partial charge >= 0.3 is 10.1 Å². The van der Waals surface area contributed by atoms with Gasteiger partial charge in [-0.15, -0.1) is 0 Å². The summed E-state index contributed by atoms with van der Waals surface area (Å²) in [6.45, 7) is 1.60. The second-order valence-corrected chi connectivity index (χ2v) is 6.19. The van der Waals surface area contributed by atoms with Crippen LogP contribution in [0.25, 0.3) is 0 Å². The monoisotopic (exact) mass is 348 g/mol. The van der Waals surface area contributed by atoms with Crippen molar-refractivity contribution in [1.82, 2.24) is 0 Å². The minimum absolute atomic E-state index is 0.0671. The maximum Gasteiger partial charge on any atom is 0.309 e. The lowest BCUT2D eigenvalue weighted by Crippen LogP contribution is -2.17. The second-order valence-electron chi connectivity index (χ2n) is 4.39. The Morgan fingerprint density at radius 2 is 2.09 bits per heavy atom. The highest BCUT2D eigenvalue weighted by molar-refractivity contribution is 7.86. The zero-order valence-electron chi connectivity index (χ0n) is 14.6. The van der Waals surface area contributed by atoms with Crippen molar-refractivity contribution in [3.05, 3.63) is 46.5 Å². The molecule has 0 aliphatic carbocycles. The molecule has 0 saturated heterocycles. The Balaban J connectivity index is 2.34. The van der Waals surface area contributed by atoms with E-state index in [1.807, 2.05) is 0 Å². The zero-order chi connectivity index (χ0) is 19.0. The molecule has 0 spiro atoms. The smallest absolute Gasteiger partial charge is 0.309 e. The quantitative estimate of drug-likeness (QED) is 0.792. The van der Waals surface area contributed by atoms with Crippen molar-refractivity contribution in [2.24, 2.45) is 5.73 Å². The van der Waals surface area contributed by atoms with Crippen molar-refractivity contribution in [1.29, 1.82) is 0 Å². The largest absolute Gasteiger partial charge is 0.460 e. The van der Waals surface area contributed by atoms with Crippen LogP contribution in [0.4, 0.5) is 0 Å². The number of ether oxygens (including phenoxy) is 1. The maximum atomic E-state index is 12.5. The SMILES string of the molecule is [2H]C1(c2ccc(Cl)cc2)OC(N)=C(OS(=O)(=O)C([2H])([2H])CCC)C1=O. The summed E-state index contributed by atoms with van der Waals surface area (Å²) in [6, 6.07) is 5.56. The lowest BCUT2D eigenvalue weighted by molar-refractivity contribution is -0.123. The van der Waals surface area contributed by atoms with Gasteiger partial charge < -0.3 is 14.7 Å². The Hall–Kier alpha value is -1.73. The number of nitrogens with two attached hydrogens (primary N) is 1. The average Bonchev–Trinajstić information content (AvgIpc) is 2.72. The van der Waals surface area contributed by atoms with Crippen LogP contribution >= 0.6 is 11.6 Å². The van der Waals surface area contributed by atoms with Crippen molar-refractivity contribution >= 4 is 27.5 Å². The summed E-state index contributed by atoms with van der Waals surface area (Å²) < 4.78 is 57.2. The van der Waals surface area contributed by atoms with Crippen molar-refractivity contribution in [2.75, 3.05) is 5.70 Å². The third kappa shape index (κ3) is 3.72. The fourth-order valence-corrected chi connectivity index (χ4v) is 2.67. The third-order valence-corrected chi connectivity index (χ3v) is 3.87. The fourth-order valence-electron chi connectivity index (χ4n) is 1.65. The predicted molar refractivity (Wildman–Crippen MR) is 81.3 cm³/mol. The predicted octanol–water partition coefficient (Wildman–Crippen LogP) is 2.25. The van der Waals surface area contributed by atoms with Gasteiger partial charge in [0.2, 0.25) is 17.4 Å². The Bertz CT molecular complexity index is 825. The molecule has 22 heavy (non-hydrogen) atoms. The molecule has 0 fully saturated rings. The van der Waals surface area contributed by atoms with Crippen LogP contribution in [0.2, 0.25) is 5.02 Å². The molecule has 0 saturated carbocycles. The van der Waals surface area contributed by atoms with Gasteiger partial charge in [0.05, 0.1) is 7.08 Å². The molecule has 1 aromatic carbocycles. The van der Waals surface area contributed by atoms with Gasteiger partial charge in [-0.3, -0.25) is 4.79 Å². The van der Waals surface area contributed by atoms with Crippen LogP contribution in [0.5, 0.6) is 0 Å². The number of carbonyl (C=O) groups excluding carboxylic acids is 1. The fraction of sp³-hybridized carbons (Fsp3) is 0.357. The van der Waals surface area contributed by atoms with Gasteiger partial charge in [0.15, 0.2) is 6.08 Å². The van der Waals surface area contributed by atoms with E-state index < -0.39 is 39.3 Å². The van der Waals surface area contributed by atoms with Gasteiger partial charge in [-0.05, 0) is 18.6 Å². The molecule has 1 aromatic rings. The molecule has 1 aliphatic heterocycles. The molecule has 2 rings (SSSR count). The summed E-state index contributed by atoms with van der Waals surface area (Å²) in [6.07, 6.45) is -2.43. The average molecular weight is 349 g/mol. The highest BCUT2D eigenvalue weighted by Gasteiger charge is 2.39. The van der Waals surface area contributed by atoms with Crippen LogP contribution in [0.15, 0.2) is 35.9 Å². The highest BCUT2D eigenvalue weighted by atomic mass is 35.5. The molecule has 0 amide bonds. The van der Waals surface area contributed by atoms with Gasteiger partial charge in [-0.1, -0.05) is 37.1 Å². The minimum atomic E-state index is -4.82. The molecule has 1 aliphatic rings. The highest BCUT2D eigenvalue weighted by Crippen LogP contribution is 2.32. The summed E-state index contributed by atoms with van der Waals surface area (Å²) in [4.78, 5) is 12.5. The summed E-state index contributed by atoms with van der Waals surface area (Å²) in [7, 11) is -4.82. The Labute approximate surface area is 138 Å². The zero-order valence-corrected chi connectivity index (χ0v) is 13.2. The summed E-state index contributed by atoms with van der Waals surface area (Å²) in [5.74, 6) is -2.76. The first kappa shape index (κ1) is 12.8. The lowest BCUT2D eigenvalue weighted by Gasteiger charge is -2.09. The van der Waals surface area contributed by atoms with Gasteiger partial charge in [0.1, 0.15) is 0 Å². The third-order valence-electron chi connectivity index (χ3n) is 2.68. The van der Waals surface area contributed by atoms with Gasteiger partial charge in [-0.2, -0.15) is 8.42 Å². The molecule has 6 nitrogen and oxygen atoms in total. The first-order valence-electron chi connectivity index (χ1n) is 7.88. The molecule has 1 heterocycles. The van der Waals surface area contributed by atoms with E-state index in [1.165, 1.54) is 24.3 Å². The maximum absolute atomic E-state index is 12.5. The van der Waals surface area contributed by atoms with Crippen molar-refractivity contribution in [3.8, 4) is 0 Å². The Morgan fingerprint density at radius 3 is 2.68 bits per heavy atom. The summed E-state index contributed by atoms with van der Waals surface area (Å²) in [5.41, 5.74) is 2.86. The van der Waals surface area contributed by atoms with Crippen molar-refractivity contribution < 1.29 is 26.2 Å². The standard InChI is InChI=1S/C14H16ClNO5S/c1-2-3-8-22(18,19)21-13-11(17)12(20-14(13)16)9-4-6-10(15)7-5-9/h4-7,12H,2-3,8,16H2,1H3/i8D2,12D.